The van der Waals surface area contributed by atoms with E-state index in [-0.39, 0.29) is 11.5 Å². The second-order valence-electron chi connectivity index (χ2n) is 11.0. The Morgan fingerprint density at radius 1 is 0.909 bits per heavy atom. The first-order valence-electron chi connectivity index (χ1n) is 14.5. The van der Waals surface area contributed by atoms with Crippen LogP contribution in [0.3, 0.4) is 0 Å². The summed E-state index contributed by atoms with van der Waals surface area (Å²) in [7, 11) is 1.67. The predicted octanol–water partition coefficient (Wildman–Crippen LogP) is 8.88. The topological polar surface area (TPSA) is 65.7 Å². The van der Waals surface area contributed by atoms with Crippen LogP contribution in [0.25, 0.3) is 33.1 Å². The third kappa shape index (κ3) is 5.75. The molecule has 0 N–H and O–H groups in total. The standard InChI is InChI=1S/C37H32BrN3O3/c1-23(2)30-20-31(24(3)18-35(30)43-4)36-40-33-15-8-7-14-29(33)37(42)41(36)39-21-25-16-17-34(32(38)19-25)44-22-27-12-9-11-26-10-5-6-13-28(26)27/h5-21,23H,22H2,1-4H3. The van der Waals surface area contributed by atoms with E-state index in [1.165, 1.54) is 15.4 Å². The molecule has 7 heteroatoms. The number of fused-ring (bicyclic) bond motifs is 2. The van der Waals surface area contributed by atoms with Gasteiger partial charge in [0.1, 0.15) is 18.1 Å². The Morgan fingerprint density at radius 3 is 2.43 bits per heavy atom. The highest BCUT2D eigenvalue weighted by atomic mass is 79.9. The summed E-state index contributed by atoms with van der Waals surface area (Å²) in [5.74, 6) is 2.22. The molecule has 1 heterocycles. The SMILES string of the molecule is COc1cc(C)c(-c2nc3ccccc3c(=O)n2N=Cc2ccc(OCc3cccc4ccccc34)c(Br)c2)cc1C(C)C. The second kappa shape index (κ2) is 12.5. The van der Waals surface area contributed by atoms with E-state index in [1.54, 1.807) is 19.4 Å². The van der Waals surface area contributed by atoms with Gasteiger partial charge in [0.15, 0.2) is 5.82 Å². The molecule has 0 saturated heterocycles. The third-order valence-corrected chi connectivity index (χ3v) is 8.35. The number of hydrogen-bond acceptors (Lipinski definition) is 5. The van der Waals surface area contributed by atoms with Crippen molar-refractivity contribution in [2.45, 2.75) is 33.3 Å². The van der Waals surface area contributed by atoms with Crippen LogP contribution in [0.1, 0.15) is 42.0 Å². The lowest BCUT2D eigenvalue weighted by molar-refractivity contribution is 0.305. The van der Waals surface area contributed by atoms with E-state index in [0.717, 1.165) is 43.8 Å². The number of ether oxygens (including phenoxy) is 2. The van der Waals surface area contributed by atoms with E-state index < -0.39 is 0 Å². The van der Waals surface area contributed by atoms with Crippen LogP contribution in [0.2, 0.25) is 0 Å². The van der Waals surface area contributed by atoms with Crippen molar-refractivity contribution in [1.29, 1.82) is 0 Å². The Balaban J connectivity index is 1.35. The fourth-order valence-corrected chi connectivity index (χ4v) is 5.90. The molecule has 44 heavy (non-hydrogen) atoms. The normalized spacial score (nSPS) is 11.6. The summed E-state index contributed by atoms with van der Waals surface area (Å²) in [6.45, 7) is 6.66. The highest BCUT2D eigenvalue weighted by molar-refractivity contribution is 9.10. The van der Waals surface area contributed by atoms with Gasteiger partial charge in [-0.15, -0.1) is 0 Å². The Hall–Kier alpha value is -4.75. The van der Waals surface area contributed by atoms with E-state index in [9.17, 15) is 4.79 Å². The van der Waals surface area contributed by atoms with Crippen molar-refractivity contribution in [3.63, 3.8) is 0 Å². The Bertz CT molecular complexity index is 2090. The molecule has 0 unspecified atom stereocenters. The van der Waals surface area contributed by atoms with Gasteiger partial charge in [0.05, 0.1) is 28.7 Å². The molecule has 0 radical (unpaired) electrons. The smallest absolute Gasteiger partial charge is 0.282 e. The molecule has 6 aromatic rings. The molecular weight excluding hydrogens is 614 g/mol. The van der Waals surface area contributed by atoms with Crippen LogP contribution in [0.5, 0.6) is 11.5 Å². The molecule has 220 valence electrons. The van der Waals surface area contributed by atoms with Gasteiger partial charge in [0.25, 0.3) is 5.56 Å². The lowest BCUT2D eigenvalue weighted by atomic mass is 9.96. The first kappa shape index (κ1) is 29.3. The maximum atomic E-state index is 13.8. The average Bonchev–Trinajstić information content (AvgIpc) is 3.03. The number of halogens is 1. The summed E-state index contributed by atoms with van der Waals surface area (Å²) in [6, 6.07) is 31.7. The zero-order valence-corrected chi connectivity index (χ0v) is 26.6. The lowest BCUT2D eigenvalue weighted by Gasteiger charge is -2.17. The third-order valence-electron chi connectivity index (χ3n) is 7.73. The van der Waals surface area contributed by atoms with E-state index in [4.69, 9.17) is 14.5 Å². The quantitative estimate of drug-likeness (QED) is 0.155. The van der Waals surface area contributed by atoms with Gasteiger partial charge in [-0.25, -0.2) is 4.98 Å². The number of benzene rings is 5. The molecule has 1 aromatic heterocycles. The van der Waals surface area contributed by atoms with E-state index in [2.05, 4.69) is 65.2 Å². The summed E-state index contributed by atoms with van der Waals surface area (Å²) in [5.41, 5.74) is 5.10. The summed E-state index contributed by atoms with van der Waals surface area (Å²) in [5, 5.41) is 7.54. The second-order valence-corrected chi connectivity index (χ2v) is 11.8. The van der Waals surface area contributed by atoms with Gasteiger partial charge in [-0.3, -0.25) is 4.79 Å². The number of nitrogens with zero attached hydrogens (tertiary/aromatic N) is 3. The average molecular weight is 647 g/mol. The molecule has 0 aliphatic carbocycles. The number of hydrogen-bond donors (Lipinski definition) is 0. The summed E-state index contributed by atoms with van der Waals surface area (Å²) in [4.78, 5) is 18.7. The molecule has 6 nitrogen and oxygen atoms in total. The fourth-order valence-electron chi connectivity index (χ4n) is 5.38. The minimum absolute atomic E-state index is 0.215. The molecule has 5 aromatic carbocycles. The van der Waals surface area contributed by atoms with Crippen LogP contribution in [0.4, 0.5) is 0 Å². The van der Waals surface area contributed by atoms with Crippen LogP contribution < -0.4 is 15.0 Å². The van der Waals surface area contributed by atoms with Crippen molar-refractivity contribution in [2.75, 3.05) is 7.11 Å². The van der Waals surface area contributed by atoms with Gasteiger partial charge in [-0.05, 0) is 104 Å². The largest absolute Gasteiger partial charge is 0.496 e. The Labute approximate surface area is 264 Å². The molecule has 0 fully saturated rings. The van der Waals surface area contributed by atoms with Crippen molar-refractivity contribution < 1.29 is 9.47 Å². The van der Waals surface area contributed by atoms with Crippen LogP contribution in [-0.2, 0) is 6.61 Å². The van der Waals surface area contributed by atoms with Crippen molar-refractivity contribution in [2.24, 2.45) is 5.10 Å². The molecule has 0 saturated carbocycles. The first-order valence-corrected chi connectivity index (χ1v) is 15.3. The Morgan fingerprint density at radius 2 is 1.66 bits per heavy atom. The van der Waals surface area contributed by atoms with E-state index in [0.29, 0.717) is 23.3 Å². The first-order chi connectivity index (χ1) is 21.3. The predicted molar refractivity (Wildman–Crippen MR) is 182 cm³/mol. The summed E-state index contributed by atoms with van der Waals surface area (Å²) in [6.07, 6.45) is 1.67. The molecular formula is C37H32BrN3O3. The molecule has 0 aliphatic rings. The number of methoxy groups -OCH3 is 1. The molecule has 6 rings (SSSR count). The monoisotopic (exact) mass is 645 g/mol. The number of rotatable bonds is 8. The fraction of sp³-hybridized carbons (Fsp3) is 0.162. The van der Waals surface area contributed by atoms with Crippen molar-refractivity contribution in [3.8, 4) is 22.9 Å². The zero-order chi connectivity index (χ0) is 30.8. The highest BCUT2D eigenvalue weighted by Gasteiger charge is 2.18. The van der Waals surface area contributed by atoms with E-state index >= 15 is 0 Å². The van der Waals surface area contributed by atoms with Gasteiger partial charge in [0, 0.05) is 5.56 Å². The van der Waals surface area contributed by atoms with Crippen LogP contribution in [0.15, 0.2) is 111 Å². The van der Waals surface area contributed by atoms with E-state index in [1.807, 2.05) is 67.6 Å². The molecule has 0 atom stereocenters. The number of aromatic nitrogens is 2. The summed E-state index contributed by atoms with van der Waals surface area (Å²) >= 11 is 3.66. The van der Waals surface area contributed by atoms with Crippen LogP contribution in [0, 0.1) is 6.92 Å². The number of para-hydroxylation sites is 1. The van der Waals surface area contributed by atoms with Crippen LogP contribution in [-0.4, -0.2) is 23.0 Å². The van der Waals surface area contributed by atoms with Gasteiger partial charge in [-0.2, -0.15) is 9.78 Å². The lowest BCUT2D eigenvalue weighted by Crippen LogP contribution is -2.20. The molecule has 0 spiro atoms. The van der Waals surface area contributed by atoms with Gasteiger partial charge < -0.3 is 9.47 Å². The van der Waals surface area contributed by atoms with Crippen molar-refractivity contribution in [1.82, 2.24) is 9.66 Å². The van der Waals surface area contributed by atoms with Gasteiger partial charge in [-0.1, -0.05) is 68.4 Å². The van der Waals surface area contributed by atoms with Crippen LogP contribution >= 0.6 is 15.9 Å². The van der Waals surface area contributed by atoms with Gasteiger partial charge >= 0.3 is 0 Å². The summed E-state index contributed by atoms with van der Waals surface area (Å²) < 4.78 is 14.0. The zero-order valence-electron chi connectivity index (χ0n) is 25.0. The molecule has 0 aliphatic heterocycles. The van der Waals surface area contributed by atoms with Crippen molar-refractivity contribution in [3.05, 3.63) is 134 Å². The maximum Gasteiger partial charge on any atom is 0.282 e. The molecule has 0 bridgehead atoms. The number of aryl methyl sites for hydroxylation is 1. The highest BCUT2D eigenvalue weighted by Crippen LogP contribution is 2.34. The van der Waals surface area contributed by atoms with Gasteiger partial charge in [0.2, 0.25) is 0 Å². The minimum atomic E-state index is -0.239. The molecule has 0 amide bonds. The minimum Gasteiger partial charge on any atom is -0.496 e. The van der Waals surface area contributed by atoms with Crippen molar-refractivity contribution >= 4 is 43.8 Å². The maximum absolute atomic E-state index is 13.8. The Kier molecular flexibility index (Phi) is 8.31.